The summed E-state index contributed by atoms with van der Waals surface area (Å²) in [6.07, 6.45) is 7.69. The third-order valence-corrected chi connectivity index (χ3v) is 5.87. The molecule has 2 N–H and O–H groups in total. The van der Waals surface area contributed by atoms with E-state index in [0.29, 0.717) is 6.54 Å². The Bertz CT molecular complexity index is 731. The summed E-state index contributed by atoms with van der Waals surface area (Å²) in [5, 5.41) is 7.83. The van der Waals surface area contributed by atoms with Gasteiger partial charge in [0.15, 0.2) is 5.96 Å². The molecule has 10 heteroatoms. The number of piperazine rings is 1. The molecule has 0 saturated carbocycles. The van der Waals surface area contributed by atoms with Crippen LogP contribution in [0.4, 0.5) is 5.95 Å². The SMILES string of the molecule is CCc1cnc(CNC(=NC)NCCCN2CCN(c3ncccn3)CC2)s1.I. The summed E-state index contributed by atoms with van der Waals surface area (Å²) in [5.74, 6) is 1.67. The second-order valence-electron chi connectivity index (χ2n) is 6.66. The maximum Gasteiger partial charge on any atom is 0.225 e. The van der Waals surface area contributed by atoms with E-state index in [1.54, 1.807) is 30.8 Å². The molecule has 3 rings (SSSR count). The number of nitrogens with one attached hydrogen (secondary N) is 2. The molecule has 0 radical (unpaired) electrons. The highest BCUT2D eigenvalue weighted by Gasteiger charge is 2.18. The molecule has 0 bridgehead atoms. The first kappa shape index (κ1) is 23.7. The van der Waals surface area contributed by atoms with Crippen LogP contribution in [-0.4, -0.2) is 72.1 Å². The fourth-order valence-electron chi connectivity index (χ4n) is 3.11. The number of hydrogen-bond acceptors (Lipinski definition) is 7. The van der Waals surface area contributed by atoms with Crippen LogP contribution in [-0.2, 0) is 13.0 Å². The van der Waals surface area contributed by atoms with Crippen molar-refractivity contribution in [3.8, 4) is 0 Å². The van der Waals surface area contributed by atoms with Gasteiger partial charge in [-0.3, -0.25) is 9.89 Å². The fourth-order valence-corrected chi connectivity index (χ4v) is 3.91. The molecule has 0 aromatic carbocycles. The number of aromatic nitrogens is 3. The second-order valence-corrected chi connectivity index (χ2v) is 7.86. The van der Waals surface area contributed by atoms with Gasteiger partial charge in [0.25, 0.3) is 0 Å². The summed E-state index contributed by atoms with van der Waals surface area (Å²) < 4.78 is 0. The highest BCUT2D eigenvalue weighted by atomic mass is 127. The predicted molar refractivity (Wildman–Crippen MR) is 130 cm³/mol. The Morgan fingerprint density at radius 3 is 2.55 bits per heavy atom. The van der Waals surface area contributed by atoms with Gasteiger partial charge in [-0.1, -0.05) is 6.92 Å². The number of guanidine groups is 1. The van der Waals surface area contributed by atoms with E-state index in [4.69, 9.17) is 0 Å². The van der Waals surface area contributed by atoms with Gasteiger partial charge in [-0.25, -0.2) is 15.0 Å². The highest BCUT2D eigenvalue weighted by molar-refractivity contribution is 14.0. The number of anilines is 1. The monoisotopic (exact) mass is 530 g/mol. The quantitative estimate of drug-likeness (QED) is 0.234. The maximum atomic E-state index is 4.43. The standard InChI is InChI=1S/C19H30N8S.HI/c1-3-16-14-24-17(28-16)15-25-18(20-2)21-8-5-9-26-10-12-27(13-11-26)19-22-6-4-7-23-19;/h4,6-7,14H,3,5,8-13,15H2,1-2H3,(H2,20,21,25);1H. The van der Waals surface area contributed by atoms with Gasteiger partial charge in [-0.05, 0) is 25.5 Å². The van der Waals surface area contributed by atoms with Crippen molar-refractivity contribution < 1.29 is 0 Å². The van der Waals surface area contributed by atoms with E-state index in [0.717, 1.165) is 69.0 Å². The van der Waals surface area contributed by atoms with E-state index < -0.39 is 0 Å². The minimum absolute atomic E-state index is 0. The average molecular weight is 530 g/mol. The first-order valence-corrected chi connectivity index (χ1v) is 10.7. The van der Waals surface area contributed by atoms with Crippen molar-refractivity contribution in [2.45, 2.75) is 26.3 Å². The minimum atomic E-state index is 0. The zero-order chi connectivity index (χ0) is 19.6. The van der Waals surface area contributed by atoms with Crippen LogP contribution >= 0.6 is 35.3 Å². The molecule has 0 spiro atoms. The lowest BCUT2D eigenvalue weighted by Crippen LogP contribution is -2.47. The van der Waals surface area contributed by atoms with Gasteiger partial charge in [0.05, 0.1) is 6.54 Å². The largest absolute Gasteiger partial charge is 0.356 e. The molecule has 1 saturated heterocycles. The Kier molecular flexibility index (Phi) is 10.6. The maximum absolute atomic E-state index is 4.43. The Morgan fingerprint density at radius 1 is 1.14 bits per heavy atom. The van der Waals surface area contributed by atoms with E-state index >= 15 is 0 Å². The predicted octanol–water partition coefficient (Wildman–Crippen LogP) is 1.99. The molecule has 8 nitrogen and oxygen atoms in total. The van der Waals surface area contributed by atoms with Crippen LogP contribution in [0.5, 0.6) is 0 Å². The van der Waals surface area contributed by atoms with Crippen molar-refractivity contribution >= 4 is 47.2 Å². The zero-order valence-corrected chi connectivity index (χ0v) is 20.3. The molecule has 0 unspecified atom stereocenters. The molecule has 1 aliphatic heterocycles. The lowest BCUT2D eigenvalue weighted by Gasteiger charge is -2.34. The Labute approximate surface area is 194 Å². The molecule has 160 valence electrons. The Balaban J connectivity index is 0.00000300. The van der Waals surface area contributed by atoms with Gasteiger partial charge in [0.2, 0.25) is 5.95 Å². The summed E-state index contributed by atoms with van der Waals surface area (Å²) >= 11 is 1.76. The van der Waals surface area contributed by atoms with E-state index in [1.165, 1.54) is 4.88 Å². The first-order valence-electron chi connectivity index (χ1n) is 9.91. The van der Waals surface area contributed by atoms with Crippen LogP contribution in [0.1, 0.15) is 23.2 Å². The smallest absolute Gasteiger partial charge is 0.225 e. The van der Waals surface area contributed by atoms with Crippen LogP contribution < -0.4 is 15.5 Å². The van der Waals surface area contributed by atoms with Crippen molar-refractivity contribution in [3.05, 3.63) is 34.5 Å². The molecule has 2 aromatic rings. The topological polar surface area (TPSA) is 81.6 Å². The molecular weight excluding hydrogens is 499 g/mol. The summed E-state index contributed by atoms with van der Waals surface area (Å²) in [7, 11) is 1.81. The van der Waals surface area contributed by atoms with Gasteiger partial charge < -0.3 is 15.5 Å². The normalized spacial score (nSPS) is 15.1. The third-order valence-electron chi connectivity index (χ3n) is 4.73. The van der Waals surface area contributed by atoms with Gasteiger partial charge in [0, 0.05) is 63.2 Å². The minimum Gasteiger partial charge on any atom is -0.356 e. The summed E-state index contributed by atoms with van der Waals surface area (Å²) in [4.78, 5) is 23.5. The number of hydrogen-bond donors (Lipinski definition) is 2. The molecular formula is C19H31IN8S. The molecule has 29 heavy (non-hydrogen) atoms. The van der Waals surface area contributed by atoms with E-state index in [1.807, 2.05) is 12.3 Å². The molecule has 1 aliphatic rings. The van der Waals surface area contributed by atoms with Crippen molar-refractivity contribution in [1.82, 2.24) is 30.5 Å². The number of rotatable bonds is 8. The first-order chi connectivity index (χ1) is 13.8. The average Bonchev–Trinajstić information content (AvgIpc) is 3.22. The van der Waals surface area contributed by atoms with E-state index in [2.05, 4.69) is 47.3 Å². The zero-order valence-electron chi connectivity index (χ0n) is 17.2. The van der Waals surface area contributed by atoms with Crippen LogP contribution in [0.15, 0.2) is 29.6 Å². The van der Waals surface area contributed by atoms with Gasteiger partial charge in [-0.2, -0.15) is 0 Å². The number of aliphatic imine (C=N–C) groups is 1. The van der Waals surface area contributed by atoms with Crippen molar-refractivity contribution in [1.29, 1.82) is 0 Å². The van der Waals surface area contributed by atoms with Crippen LogP contribution in [0, 0.1) is 0 Å². The summed E-state index contributed by atoms with van der Waals surface area (Å²) in [6, 6.07) is 1.86. The second kappa shape index (κ2) is 12.9. The van der Waals surface area contributed by atoms with Crippen LogP contribution in [0.3, 0.4) is 0 Å². The number of halogens is 1. The molecule has 0 aliphatic carbocycles. The van der Waals surface area contributed by atoms with Gasteiger partial charge >= 0.3 is 0 Å². The van der Waals surface area contributed by atoms with E-state index in [9.17, 15) is 0 Å². The fraction of sp³-hybridized carbons (Fsp3) is 0.579. The Hall–Kier alpha value is -1.53. The van der Waals surface area contributed by atoms with Gasteiger partial charge in [0.1, 0.15) is 5.01 Å². The molecule has 1 fully saturated rings. The number of thiazole rings is 1. The highest BCUT2D eigenvalue weighted by Crippen LogP contribution is 2.12. The van der Waals surface area contributed by atoms with Crippen LogP contribution in [0.2, 0.25) is 0 Å². The summed E-state index contributed by atoms with van der Waals surface area (Å²) in [6.45, 7) is 8.92. The number of nitrogens with zero attached hydrogens (tertiary/aromatic N) is 6. The molecule has 0 amide bonds. The van der Waals surface area contributed by atoms with Gasteiger partial charge in [-0.15, -0.1) is 35.3 Å². The summed E-state index contributed by atoms with van der Waals surface area (Å²) in [5.41, 5.74) is 0. The lowest BCUT2D eigenvalue weighted by atomic mass is 10.3. The van der Waals surface area contributed by atoms with Crippen molar-refractivity contribution in [2.75, 3.05) is 51.2 Å². The molecule has 0 atom stereocenters. The van der Waals surface area contributed by atoms with E-state index in [-0.39, 0.29) is 24.0 Å². The van der Waals surface area contributed by atoms with Crippen molar-refractivity contribution in [2.24, 2.45) is 4.99 Å². The Morgan fingerprint density at radius 2 is 1.90 bits per heavy atom. The molecule has 2 aromatic heterocycles. The van der Waals surface area contributed by atoms with Crippen LogP contribution in [0.25, 0.3) is 0 Å². The van der Waals surface area contributed by atoms with Crippen molar-refractivity contribution in [3.63, 3.8) is 0 Å². The third kappa shape index (κ3) is 7.67. The number of aryl methyl sites for hydroxylation is 1. The molecule has 3 heterocycles. The lowest BCUT2D eigenvalue weighted by molar-refractivity contribution is 0.254.